The monoisotopic (exact) mass is 218 g/mol. The number of anilines is 1. The third kappa shape index (κ3) is 1.35. The van der Waals surface area contributed by atoms with Crippen LogP contribution in [0.15, 0.2) is 28.1 Å². The van der Waals surface area contributed by atoms with Crippen LogP contribution in [-0.2, 0) is 0 Å². The van der Waals surface area contributed by atoms with Crippen molar-refractivity contribution in [1.29, 1.82) is 0 Å². The van der Waals surface area contributed by atoms with Gasteiger partial charge in [0.25, 0.3) is 0 Å². The molecule has 0 atom stereocenters. The summed E-state index contributed by atoms with van der Waals surface area (Å²) in [6.45, 7) is 0. The number of hydrogen-bond acceptors (Lipinski definition) is 6. The third-order valence-electron chi connectivity index (χ3n) is 2.02. The van der Waals surface area contributed by atoms with Crippen molar-refractivity contribution in [3.63, 3.8) is 0 Å². The molecular formula is C9H6N4OS. The lowest BCUT2D eigenvalue weighted by Gasteiger charge is -1.93. The number of nitrogens with two attached hydrogens (primary N) is 1. The third-order valence-corrected chi connectivity index (χ3v) is 2.81. The Labute approximate surface area is 88.6 Å². The summed E-state index contributed by atoms with van der Waals surface area (Å²) < 4.78 is 6.22. The van der Waals surface area contributed by atoms with E-state index in [1.807, 2.05) is 18.2 Å². The molecule has 3 rings (SSSR count). The quantitative estimate of drug-likeness (QED) is 0.675. The van der Waals surface area contributed by atoms with E-state index in [0.29, 0.717) is 5.89 Å². The predicted octanol–water partition coefficient (Wildman–Crippen LogP) is 1.93. The molecule has 0 unspecified atom stereocenters. The highest BCUT2D eigenvalue weighted by atomic mass is 32.1. The summed E-state index contributed by atoms with van der Waals surface area (Å²) in [6, 6.07) is 5.84. The first-order valence-electron chi connectivity index (χ1n) is 4.25. The second kappa shape index (κ2) is 3.03. The molecule has 0 radical (unpaired) electrons. The molecule has 2 N–H and O–H groups in total. The summed E-state index contributed by atoms with van der Waals surface area (Å²) in [5, 5.41) is 7.43. The zero-order valence-electron chi connectivity index (χ0n) is 7.54. The fraction of sp³-hybridized carbons (Fsp3) is 0. The van der Waals surface area contributed by atoms with Crippen molar-refractivity contribution in [3.05, 3.63) is 23.7 Å². The van der Waals surface area contributed by atoms with Crippen LogP contribution in [0.25, 0.3) is 21.7 Å². The highest BCUT2D eigenvalue weighted by Gasteiger charge is 2.07. The molecule has 2 heterocycles. The van der Waals surface area contributed by atoms with Crippen LogP contribution in [0.2, 0.25) is 0 Å². The summed E-state index contributed by atoms with van der Waals surface area (Å²) in [5.74, 6) is 0.433. The van der Waals surface area contributed by atoms with E-state index >= 15 is 0 Å². The van der Waals surface area contributed by atoms with E-state index < -0.39 is 0 Å². The molecule has 15 heavy (non-hydrogen) atoms. The Morgan fingerprint density at radius 1 is 1.27 bits per heavy atom. The second-order valence-electron chi connectivity index (χ2n) is 2.98. The van der Waals surface area contributed by atoms with E-state index in [1.54, 1.807) is 16.8 Å². The van der Waals surface area contributed by atoms with Crippen LogP contribution >= 0.6 is 11.3 Å². The van der Waals surface area contributed by atoms with E-state index in [4.69, 9.17) is 10.2 Å². The zero-order chi connectivity index (χ0) is 10.3. The van der Waals surface area contributed by atoms with Gasteiger partial charge in [0, 0.05) is 5.56 Å². The molecule has 0 saturated heterocycles. The maximum absolute atomic E-state index is 5.36. The summed E-state index contributed by atoms with van der Waals surface area (Å²) in [5.41, 5.74) is 8.99. The number of aromatic nitrogens is 3. The number of rotatable bonds is 1. The van der Waals surface area contributed by atoms with Crippen LogP contribution in [-0.4, -0.2) is 15.2 Å². The van der Waals surface area contributed by atoms with Crippen LogP contribution < -0.4 is 5.73 Å². The molecule has 2 aromatic heterocycles. The van der Waals surface area contributed by atoms with Gasteiger partial charge >= 0.3 is 6.01 Å². The lowest BCUT2D eigenvalue weighted by Crippen LogP contribution is -1.81. The number of benzene rings is 1. The van der Waals surface area contributed by atoms with Crippen LogP contribution in [0.5, 0.6) is 0 Å². The number of nitrogen functional groups attached to an aromatic ring is 1. The van der Waals surface area contributed by atoms with Gasteiger partial charge in [0.2, 0.25) is 5.89 Å². The van der Waals surface area contributed by atoms with Crippen LogP contribution in [0.3, 0.4) is 0 Å². The summed E-state index contributed by atoms with van der Waals surface area (Å²) in [4.78, 5) is 4.19. The van der Waals surface area contributed by atoms with Gasteiger partial charge in [-0.2, -0.15) is 0 Å². The molecule has 0 spiro atoms. The van der Waals surface area contributed by atoms with E-state index in [-0.39, 0.29) is 6.01 Å². The van der Waals surface area contributed by atoms with Crippen LogP contribution in [0.1, 0.15) is 0 Å². The van der Waals surface area contributed by atoms with Gasteiger partial charge in [0.1, 0.15) is 0 Å². The topological polar surface area (TPSA) is 77.8 Å². The van der Waals surface area contributed by atoms with Gasteiger partial charge in [-0.15, -0.1) is 16.4 Å². The van der Waals surface area contributed by atoms with Crippen molar-refractivity contribution in [3.8, 4) is 11.5 Å². The standard InChI is InChI=1S/C9H6N4OS/c10-9-13-12-8(14-9)5-1-2-6-7(3-5)15-4-11-6/h1-4H,(H2,10,13). The lowest BCUT2D eigenvalue weighted by atomic mass is 10.2. The number of nitrogens with zero attached hydrogens (tertiary/aromatic N) is 3. The largest absolute Gasteiger partial charge is 0.404 e. The predicted molar refractivity (Wildman–Crippen MR) is 57.3 cm³/mol. The fourth-order valence-electron chi connectivity index (χ4n) is 1.34. The van der Waals surface area contributed by atoms with E-state index in [9.17, 15) is 0 Å². The fourth-order valence-corrected chi connectivity index (χ4v) is 2.06. The van der Waals surface area contributed by atoms with Crippen molar-refractivity contribution in [1.82, 2.24) is 15.2 Å². The minimum absolute atomic E-state index is 0.0781. The van der Waals surface area contributed by atoms with E-state index in [2.05, 4.69) is 15.2 Å². The minimum atomic E-state index is 0.0781. The Kier molecular flexibility index (Phi) is 1.69. The Bertz CT molecular complexity index is 615. The average molecular weight is 218 g/mol. The van der Waals surface area contributed by atoms with E-state index in [0.717, 1.165) is 15.8 Å². The van der Waals surface area contributed by atoms with Crippen LogP contribution in [0, 0.1) is 0 Å². The Morgan fingerprint density at radius 3 is 3.00 bits per heavy atom. The first-order valence-corrected chi connectivity index (χ1v) is 5.13. The lowest BCUT2D eigenvalue weighted by molar-refractivity contribution is 0.590. The average Bonchev–Trinajstić information content (AvgIpc) is 2.84. The van der Waals surface area contributed by atoms with Crippen molar-refractivity contribution in [2.75, 3.05) is 5.73 Å². The van der Waals surface area contributed by atoms with Crippen molar-refractivity contribution in [2.24, 2.45) is 0 Å². The molecule has 1 aromatic carbocycles. The van der Waals surface area contributed by atoms with Crippen molar-refractivity contribution < 1.29 is 4.42 Å². The van der Waals surface area contributed by atoms with Gasteiger partial charge in [0.15, 0.2) is 0 Å². The molecule has 0 aliphatic heterocycles. The molecule has 0 saturated carbocycles. The van der Waals surface area contributed by atoms with Gasteiger partial charge in [0.05, 0.1) is 15.7 Å². The van der Waals surface area contributed by atoms with Gasteiger partial charge in [-0.3, -0.25) is 0 Å². The van der Waals surface area contributed by atoms with Crippen molar-refractivity contribution in [2.45, 2.75) is 0 Å². The Balaban J connectivity index is 2.18. The molecular weight excluding hydrogens is 212 g/mol. The maximum Gasteiger partial charge on any atom is 0.313 e. The van der Waals surface area contributed by atoms with E-state index in [1.165, 1.54) is 0 Å². The van der Waals surface area contributed by atoms with Gasteiger partial charge in [-0.25, -0.2) is 4.98 Å². The first-order chi connectivity index (χ1) is 7.33. The molecule has 0 aliphatic rings. The van der Waals surface area contributed by atoms with Crippen molar-refractivity contribution >= 4 is 27.6 Å². The molecule has 0 bridgehead atoms. The molecule has 74 valence electrons. The summed E-state index contributed by atoms with van der Waals surface area (Å²) in [6.07, 6.45) is 0. The number of hydrogen-bond donors (Lipinski definition) is 1. The Morgan fingerprint density at radius 2 is 2.20 bits per heavy atom. The smallest absolute Gasteiger partial charge is 0.313 e. The Hall–Kier alpha value is -1.95. The van der Waals surface area contributed by atoms with Crippen LogP contribution in [0.4, 0.5) is 6.01 Å². The van der Waals surface area contributed by atoms with Gasteiger partial charge in [-0.1, -0.05) is 5.10 Å². The number of fused-ring (bicyclic) bond motifs is 1. The molecule has 0 amide bonds. The van der Waals surface area contributed by atoms with Gasteiger partial charge < -0.3 is 10.2 Å². The normalized spacial score (nSPS) is 10.9. The zero-order valence-corrected chi connectivity index (χ0v) is 8.36. The number of thiazole rings is 1. The first kappa shape index (κ1) is 8.37. The van der Waals surface area contributed by atoms with Gasteiger partial charge in [-0.05, 0) is 18.2 Å². The molecule has 3 aromatic rings. The summed E-state index contributed by atoms with van der Waals surface area (Å²) in [7, 11) is 0. The molecule has 5 nitrogen and oxygen atoms in total. The SMILES string of the molecule is Nc1nnc(-c2ccc3ncsc3c2)o1. The highest BCUT2D eigenvalue weighted by Crippen LogP contribution is 2.25. The maximum atomic E-state index is 5.36. The molecule has 6 heteroatoms. The minimum Gasteiger partial charge on any atom is -0.404 e. The highest BCUT2D eigenvalue weighted by molar-refractivity contribution is 7.16. The second-order valence-corrected chi connectivity index (χ2v) is 3.87. The summed E-state index contributed by atoms with van der Waals surface area (Å²) >= 11 is 1.57. The molecule has 0 aliphatic carbocycles. The molecule has 0 fully saturated rings.